The van der Waals surface area contributed by atoms with Crippen LogP contribution in [0.5, 0.6) is 0 Å². The van der Waals surface area contributed by atoms with Crippen molar-refractivity contribution in [2.45, 2.75) is 32.7 Å². The summed E-state index contributed by atoms with van der Waals surface area (Å²) in [5, 5.41) is 2.70. The minimum atomic E-state index is -0.471. The zero-order valence-electron chi connectivity index (χ0n) is 11.6. The SMILES string of the molecule is CCN(CC)C(=O)CCNC(=O)[C@H](N)CCSC. The van der Waals surface area contributed by atoms with Gasteiger partial charge in [0.15, 0.2) is 0 Å². The Balaban J connectivity index is 3.83. The fourth-order valence-corrected chi connectivity index (χ4v) is 2.02. The number of hydrogen-bond donors (Lipinski definition) is 2. The summed E-state index contributed by atoms with van der Waals surface area (Å²) in [5.74, 6) is 0.766. The van der Waals surface area contributed by atoms with Crippen molar-refractivity contribution in [3.05, 3.63) is 0 Å². The van der Waals surface area contributed by atoms with Gasteiger partial charge in [-0.1, -0.05) is 0 Å². The fourth-order valence-electron chi connectivity index (χ4n) is 1.53. The highest BCUT2D eigenvalue weighted by atomic mass is 32.2. The fraction of sp³-hybridized carbons (Fsp3) is 0.833. The molecule has 0 heterocycles. The van der Waals surface area contributed by atoms with E-state index >= 15 is 0 Å². The molecule has 18 heavy (non-hydrogen) atoms. The standard InChI is InChI=1S/C12H25N3O2S/c1-4-15(5-2)11(16)6-8-14-12(17)10(13)7-9-18-3/h10H,4-9,13H2,1-3H3,(H,14,17)/t10-/m1/s1. The van der Waals surface area contributed by atoms with Crippen LogP contribution in [-0.2, 0) is 9.59 Å². The second kappa shape index (κ2) is 10.2. The van der Waals surface area contributed by atoms with Crippen molar-refractivity contribution in [3.8, 4) is 0 Å². The van der Waals surface area contributed by atoms with Gasteiger partial charge in [-0.05, 0) is 32.3 Å². The molecule has 0 unspecified atom stereocenters. The van der Waals surface area contributed by atoms with Crippen molar-refractivity contribution in [1.82, 2.24) is 10.2 Å². The molecule has 0 radical (unpaired) electrons. The van der Waals surface area contributed by atoms with Gasteiger partial charge >= 0.3 is 0 Å². The van der Waals surface area contributed by atoms with Gasteiger partial charge in [0.1, 0.15) is 0 Å². The van der Waals surface area contributed by atoms with Gasteiger partial charge in [-0.15, -0.1) is 0 Å². The minimum Gasteiger partial charge on any atom is -0.354 e. The first kappa shape index (κ1) is 17.2. The summed E-state index contributed by atoms with van der Waals surface area (Å²) in [5.41, 5.74) is 5.71. The number of hydrogen-bond acceptors (Lipinski definition) is 4. The topological polar surface area (TPSA) is 75.4 Å². The van der Waals surface area contributed by atoms with Crippen LogP contribution in [-0.4, -0.2) is 54.4 Å². The van der Waals surface area contributed by atoms with E-state index in [0.29, 0.717) is 32.5 Å². The van der Waals surface area contributed by atoms with Gasteiger partial charge in [-0.2, -0.15) is 11.8 Å². The molecule has 0 fully saturated rings. The average Bonchev–Trinajstić information content (AvgIpc) is 2.37. The molecule has 0 aliphatic heterocycles. The van der Waals surface area contributed by atoms with E-state index in [1.807, 2.05) is 20.1 Å². The van der Waals surface area contributed by atoms with Crippen molar-refractivity contribution >= 4 is 23.6 Å². The summed E-state index contributed by atoms with van der Waals surface area (Å²) in [7, 11) is 0. The van der Waals surface area contributed by atoms with Gasteiger partial charge in [0.2, 0.25) is 11.8 Å². The normalized spacial score (nSPS) is 12.0. The molecule has 1 atom stereocenters. The van der Waals surface area contributed by atoms with Crippen LogP contribution >= 0.6 is 11.8 Å². The lowest BCUT2D eigenvalue weighted by Crippen LogP contribution is -2.42. The van der Waals surface area contributed by atoms with Crippen LogP contribution in [0.25, 0.3) is 0 Å². The highest BCUT2D eigenvalue weighted by Crippen LogP contribution is 1.99. The zero-order valence-corrected chi connectivity index (χ0v) is 12.4. The molecule has 3 N–H and O–H groups in total. The predicted octanol–water partition coefficient (Wildman–Crippen LogP) is 0.442. The van der Waals surface area contributed by atoms with Crippen LogP contribution < -0.4 is 11.1 Å². The summed E-state index contributed by atoms with van der Waals surface area (Å²) in [6.45, 7) is 5.66. The number of nitrogens with two attached hydrogens (primary N) is 1. The van der Waals surface area contributed by atoms with Crippen LogP contribution in [0.15, 0.2) is 0 Å². The van der Waals surface area contributed by atoms with Gasteiger partial charge in [-0.3, -0.25) is 9.59 Å². The number of rotatable bonds is 9. The molecule has 0 spiro atoms. The molecular weight excluding hydrogens is 250 g/mol. The Hall–Kier alpha value is -0.750. The van der Waals surface area contributed by atoms with Gasteiger partial charge in [0, 0.05) is 26.1 Å². The molecule has 0 aromatic carbocycles. The molecule has 0 aromatic rings. The Morgan fingerprint density at radius 1 is 1.33 bits per heavy atom. The Morgan fingerprint density at radius 2 is 1.94 bits per heavy atom. The second-order valence-corrected chi connectivity index (χ2v) is 4.98. The number of carbonyl (C=O) groups excluding carboxylic acids is 2. The quantitative estimate of drug-likeness (QED) is 0.640. The zero-order chi connectivity index (χ0) is 14.0. The largest absolute Gasteiger partial charge is 0.354 e. The van der Waals surface area contributed by atoms with Crippen molar-refractivity contribution in [1.29, 1.82) is 0 Å². The molecule has 106 valence electrons. The highest BCUT2D eigenvalue weighted by molar-refractivity contribution is 7.98. The monoisotopic (exact) mass is 275 g/mol. The van der Waals surface area contributed by atoms with E-state index in [4.69, 9.17) is 5.73 Å². The first-order valence-electron chi connectivity index (χ1n) is 6.36. The molecular formula is C12H25N3O2S. The van der Waals surface area contributed by atoms with Crippen molar-refractivity contribution in [2.75, 3.05) is 31.6 Å². The number of amides is 2. The molecule has 6 heteroatoms. The van der Waals surface area contributed by atoms with E-state index in [0.717, 1.165) is 5.75 Å². The van der Waals surface area contributed by atoms with Crippen LogP contribution in [0.1, 0.15) is 26.7 Å². The number of thioether (sulfide) groups is 1. The first-order valence-corrected chi connectivity index (χ1v) is 7.76. The van der Waals surface area contributed by atoms with E-state index in [2.05, 4.69) is 5.32 Å². The second-order valence-electron chi connectivity index (χ2n) is 4.00. The van der Waals surface area contributed by atoms with Gasteiger partial charge < -0.3 is 16.0 Å². The van der Waals surface area contributed by atoms with Crippen LogP contribution in [0.2, 0.25) is 0 Å². The lowest BCUT2D eigenvalue weighted by molar-refractivity contribution is -0.130. The Labute approximate surface area is 114 Å². The summed E-state index contributed by atoms with van der Waals surface area (Å²) >= 11 is 1.67. The molecule has 0 aliphatic rings. The maximum Gasteiger partial charge on any atom is 0.236 e. The Kier molecular flexibility index (Phi) is 9.77. The Bertz CT molecular complexity index is 258. The van der Waals surface area contributed by atoms with E-state index in [1.54, 1.807) is 16.7 Å². The van der Waals surface area contributed by atoms with E-state index in [1.165, 1.54) is 0 Å². The number of nitrogens with zero attached hydrogens (tertiary/aromatic N) is 1. The average molecular weight is 275 g/mol. The molecule has 5 nitrogen and oxygen atoms in total. The molecule has 0 saturated heterocycles. The number of carbonyl (C=O) groups is 2. The van der Waals surface area contributed by atoms with E-state index in [9.17, 15) is 9.59 Å². The van der Waals surface area contributed by atoms with Gasteiger partial charge in [0.05, 0.1) is 6.04 Å². The molecule has 0 aromatic heterocycles. The summed E-state index contributed by atoms with van der Waals surface area (Å²) in [6.07, 6.45) is 2.98. The molecule has 0 rings (SSSR count). The van der Waals surface area contributed by atoms with E-state index in [-0.39, 0.29) is 11.8 Å². The van der Waals surface area contributed by atoms with E-state index < -0.39 is 6.04 Å². The molecule has 2 amide bonds. The lowest BCUT2D eigenvalue weighted by atomic mass is 10.2. The van der Waals surface area contributed by atoms with Crippen molar-refractivity contribution in [3.63, 3.8) is 0 Å². The van der Waals surface area contributed by atoms with Gasteiger partial charge in [-0.25, -0.2) is 0 Å². The predicted molar refractivity (Wildman–Crippen MR) is 76.5 cm³/mol. The summed E-state index contributed by atoms with van der Waals surface area (Å²) in [4.78, 5) is 25.0. The van der Waals surface area contributed by atoms with Crippen molar-refractivity contribution < 1.29 is 9.59 Å². The maximum absolute atomic E-state index is 11.7. The third-order valence-corrected chi connectivity index (χ3v) is 3.37. The third-order valence-electron chi connectivity index (χ3n) is 2.72. The molecule has 0 bridgehead atoms. The lowest BCUT2D eigenvalue weighted by Gasteiger charge is -2.19. The minimum absolute atomic E-state index is 0.0676. The Morgan fingerprint density at radius 3 is 2.44 bits per heavy atom. The van der Waals surface area contributed by atoms with Crippen LogP contribution in [0.4, 0.5) is 0 Å². The first-order chi connectivity index (χ1) is 8.56. The summed E-state index contributed by atoms with van der Waals surface area (Å²) in [6, 6.07) is -0.471. The molecule has 0 aliphatic carbocycles. The third kappa shape index (κ3) is 6.86. The highest BCUT2D eigenvalue weighted by Gasteiger charge is 2.14. The van der Waals surface area contributed by atoms with Crippen molar-refractivity contribution in [2.24, 2.45) is 5.73 Å². The smallest absolute Gasteiger partial charge is 0.236 e. The van der Waals surface area contributed by atoms with Gasteiger partial charge in [0.25, 0.3) is 0 Å². The number of nitrogens with one attached hydrogen (secondary N) is 1. The van der Waals surface area contributed by atoms with Crippen LogP contribution in [0.3, 0.4) is 0 Å². The molecule has 0 saturated carbocycles. The maximum atomic E-state index is 11.7. The van der Waals surface area contributed by atoms with Crippen LogP contribution in [0, 0.1) is 0 Å². The summed E-state index contributed by atoms with van der Waals surface area (Å²) < 4.78 is 0.